The summed E-state index contributed by atoms with van der Waals surface area (Å²) < 4.78 is 17.6. The minimum atomic E-state index is -1.09. The third-order valence-electron chi connectivity index (χ3n) is 7.89. The van der Waals surface area contributed by atoms with Crippen molar-refractivity contribution in [1.82, 2.24) is 5.32 Å². The number of carbonyl (C=O) groups is 2. The molecule has 1 unspecified atom stereocenters. The van der Waals surface area contributed by atoms with Crippen molar-refractivity contribution in [2.75, 3.05) is 32.2 Å². The summed E-state index contributed by atoms with van der Waals surface area (Å²) in [6.45, 7) is 4.51. The molecule has 0 radical (unpaired) electrons. The first-order valence-corrected chi connectivity index (χ1v) is 10.6. The molecular formula is C23H28N2O5. The maximum atomic E-state index is 13.8. The lowest BCUT2D eigenvalue weighted by Gasteiger charge is -2.62. The lowest BCUT2D eigenvalue weighted by atomic mass is 9.44. The summed E-state index contributed by atoms with van der Waals surface area (Å²) in [4.78, 5) is 25.7. The van der Waals surface area contributed by atoms with Gasteiger partial charge in [0.25, 0.3) is 0 Å². The fourth-order valence-corrected chi connectivity index (χ4v) is 6.86. The van der Waals surface area contributed by atoms with Gasteiger partial charge in [-0.1, -0.05) is 29.8 Å². The quantitative estimate of drug-likeness (QED) is 0.581. The highest BCUT2D eigenvalue weighted by Gasteiger charge is 2.81. The molecule has 3 heterocycles. The van der Waals surface area contributed by atoms with Crippen LogP contribution in [0.5, 0.6) is 0 Å². The second-order valence-corrected chi connectivity index (χ2v) is 8.74. The summed E-state index contributed by atoms with van der Waals surface area (Å²) in [5.74, 6) is -0.873. The van der Waals surface area contributed by atoms with Crippen molar-refractivity contribution in [2.24, 2.45) is 11.3 Å². The second kappa shape index (κ2) is 6.56. The van der Waals surface area contributed by atoms with Crippen molar-refractivity contribution in [3.8, 4) is 0 Å². The van der Waals surface area contributed by atoms with Crippen molar-refractivity contribution >= 4 is 17.6 Å². The molecule has 0 aromatic heterocycles. The molecule has 1 aromatic carbocycles. The molecule has 1 aromatic rings. The first-order valence-electron chi connectivity index (χ1n) is 10.6. The smallest absolute Gasteiger partial charge is 0.317 e. The first-order chi connectivity index (χ1) is 14.5. The van der Waals surface area contributed by atoms with Crippen molar-refractivity contribution in [2.45, 2.75) is 43.9 Å². The Bertz CT molecular complexity index is 945. The Morgan fingerprint density at radius 2 is 2.13 bits per heavy atom. The fraction of sp³-hybridized carbons (Fsp3) is 0.565. The van der Waals surface area contributed by atoms with E-state index in [0.717, 1.165) is 16.8 Å². The van der Waals surface area contributed by atoms with Crippen LogP contribution < -0.4 is 10.6 Å². The summed E-state index contributed by atoms with van der Waals surface area (Å²) >= 11 is 0. The Morgan fingerprint density at radius 1 is 1.33 bits per heavy atom. The Hall–Kier alpha value is -2.38. The maximum absolute atomic E-state index is 13.8. The highest BCUT2D eigenvalue weighted by molar-refractivity contribution is 5.85. The molecular weight excluding hydrogens is 384 g/mol. The zero-order chi connectivity index (χ0) is 21.1. The van der Waals surface area contributed by atoms with Crippen molar-refractivity contribution in [3.05, 3.63) is 41.5 Å². The molecule has 3 fully saturated rings. The Kier molecular flexibility index (Phi) is 4.28. The number of rotatable bonds is 3. The van der Waals surface area contributed by atoms with Crippen molar-refractivity contribution in [1.29, 1.82) is 0 Å². The van der Waals surface area contributed by atoms with E-state index in [1.807, 2.05) is 25.1 Å². The SMILES string of the molecule is CC=C1CNC2C[C@H]1[C@@](COC(C)=O)(C(=O)OC)[C@@]13CCO[C@@]21Nc1ccccc13. The van der Waals surface area contributed by atoms with E-state index >= 15 is 0 Å². The molecule has 30 heavy (non-hydrogen) atoms. The first kappa shape index (κ1) is 19.6. The fourth-order valence-electron chi connectivity index (χ4n) is 6.86. The summed E-state index contributed by atoms with van der Waals surface area (Å²) in [5.41, 5.74) is 0.515. The van der Waals surface area contributed by atoms with Crippen LogP contribution in [0.2, 0.25) is 0 Å². The Morgan fingerprint density at radius 3 is 2.87 bits per heavy atom. The predicted molar refractivity (Wildman–Crippen MR) is 110 cm³/mol. The minimum absolute atomic E-state index is 0.0104. The number of carbonyl (C=O) groups excluding carboxylic acids is 2. The normalized spacial score (nSPS) is 39.5. The number of esters is 2. The number of benzene rings is 1. The van der Waals surface area contributed by atoms with Gasteiger partial charge >= 0.3 is 11.9 Å². The van der Waals surface area contributed by atoms with Crippen LogP contribution in [0.25, 0.3) is 0 Å². The van der Waals surface area contributed by atoms with E-state index in [1.54, 1.807) is 0 Å². The summed E-state index contributed by atoms with van der Waals surface area (Å²) in [6, 6.07) is 8.08. The standard InChI is InChI=1S/C23H28N2O5/c1-4-15-12-24-19-11-17(15)21(20(27)28-3,13-29-14(2)26)22-9-10-30-23(19,22)25-18-8-6-5-7-16(18)22/h4-8,17,19,24-25H,9-13H2,1-3H3/t17-,19?,21+,22+,23+/m1/s1. The molecule has 7 nitrogen and oxygen atoms in total. The molecule has 0 amide bonds. The van der Waals surface area contributed by atoms with Gasteiger partial charge < -0.3 is 24.8 Å². The van der Waals surface area contributed by atoms with Gasteiger partial charge in [-0.15, -0.1) is 0 Å². The molecule has 4 aliphatic rings. The van der Waals surface area contributed by atoms with Gasteiger partial charge in [0.05, 0.1) is 25.2 Å². The molecule has 7 heteroatoms. The molecule has 2 N–H and O–H groups in total. The van der Waals surface area contributed by atoms with Gasteiger partial charge in [-0.25, -0.2) is 0 Å². The monoisotopic (exact) mass is 412 g/mol. The van der Waals surface area contributed by atoms with Gasteiger partial charge in [-0.3, -0.25) is 9.59 Å². The molecule has 1 saturated carbocycles. The third-order valence-corrected chi connectivity index (χ3v) is 7.89. The van der Waals surface area contributed by atoms with Gasteiger partial charge in [-0.2, -0.15) is 0 Å². The molecule has 2 bridgehead atoms. The lowest BCUT2D eigenvalue weighted by molar-refractivity contribution is -0.197. The van der Waals surface area contributed by atoms with Crippen LogP contribution in [-0.4, -0.2) is 50.6 Å². The number of nitrogens with one attached hydrogen (secondary N) is 2. The number of fused-ring (bicyclic) bond motifs is 3. The number of methoxy groups -OCH3 is 1. The lowest BCUT2D eigenvalue weighted by Crippen LogP contribution is -2.78. The van der Waals surface area contributed by atoms with Crippen LogP contribution in [-0.2, 0) is 29.2 Å². The zero-order valence-corrected chi connectivity index (χ0v) is 17.6. The van der Waals surface area contributed by atoms with Crippen molar-refractivity contribution < 1.29 is 23.8 Å². The second-order valence-electron chi connectivity index (χ2n) is 8.74. The maximum Gasteiger partial charge on any atom is 0.317 e. The number of hydrogen-bond acceptors (Lipinski definition) is 7. The molecule has 2 saturated heterocycles. The average Bonchev–Trinajstić information content (AvgIpc) is 3.27. The predicted octanol–water partition coefficient (Wildman–Crippen LogP) is 2.13. The van der Waals surface area contributed by atoms with E-state index in [0.29, 0.717) is 26.0 Å². The van der Waals surface area contributed by atoms with Crippen LogP contribution in [0, 0.1) is 11.3 Å². The van der Waals surface area contributed by atoms with Crippen molar-refractivity contribution in [3.63, 3.8) is 0 Å². The number of ether oxygens (including phenoxy) is 3. The topological polar surface area (TPSA) is 85.9 Å². The summed E-state index contributed by atoms with van der Waals surface area (Å²) in [5, 5.41) is 7.32. The van der Waals surface area contributed by atoms with E-state index < -0.39 is 22.5 Å². The number of piperidine rings is 1. The van der Waals surface area contributed by atoms with Crippen LogP contribution in [0.1, 0.15) is 32.3 Å². The molecule has 3 aliphatic heterocycles. The highest BCUT2D eigenvalue weighted by atomic mass is 16.6. The molecule has 5 atom stereocenters. The van der Waals surface area contributed by atoms with Gasteiger partial charge in [0.1, 0.15) is 12.0 Å². The van der Waals surface area contributed by atoms with Crippen LogP contribution >= 0.6 is 0 Å². The van der Waals surface area contributed by atoms with E-state index in [-0.39, 0.29) is 24.5 Å². The summed E-state index contributed by atoms with van der Waals surface area (Å²) in [6.07, 6.45) is 3.41. The van der Waals surface area contributed by atoms with Crippen LogP contribution in [0.3, 0.4) is 0 Å². The van der Waals surface area contributed by atoms with Gasteiger partial charge in [-0.05, 0) is 31.4 Å². The van der Waals surface area contributed by atoms with E-state index in [9.17, 15) is 9.59 Å². The van der Waals surface area contributed by atoms with E-state index in [1.165, 1.54) is 14.0 Å². The number of anilines is 1. The van der Waals surface area contributed by atoms with Gasteiger partial charge in [0, 0.05) is 25.1 Å². The highest BCUT2D eigenvalue weighted by Crippen LogP contribution is 2.70. The largest absolute Gasteiger partial charge is 0.468 e. The zero-order valence-electron chi connectivity index (χ0n) is 17.6. The minimum Gasteiger partial charge on any atom is -0.468 e. The Balaban J connectivity index is 1.84. The third kappa shape index (κ3) is 2.07. The summed E-state index contributed by atoms with van der Waals surface area (Å²) in [7, 11) is 1.42. The average molecular weight is 412 g/mol. The van der Waals surface area contributed by atoms with E-state index in [2.05, 4.69) is 22.8 Å². The number of allylic oxidation sites excluding steroid dienone is 1. The molecule has 0 spiro atoms. The van der Waals surface area contributed by atoms with Gasteiger partial charge in [0.2, 0.25) is 0 Å². The van der Waals surface area contributed by atoms with Gasteiger partial charge in [0.15, 0.2) is 5.72 Å². The molecule has 160 valence electrons. The van der Waals surface area contributed by atoms with Crippen LogP contribution in [0.4, 0.5) is 5.69 Å². The van der Waals surface area contributed by atoms with Crippen LogP contribution in [0.15, 0.2) is 35.9 Å². The Labute approximate surface area is 176 Å². The van der Waals surface area contributed by atoms with E-state index in [4.69, 9.17) is 14.2 Å². The molecule has 5 rings (SSSR count). The number of hydrogen-bond donors (Lipinski definition) is 2. The molecule has 1 aliphatic carbocycles. The number of para-hydroxylation sites is 1.